The van der Waals surface area contributed by atoms with E-state index in [0.717, 1.165) is 44.4 Å². The lowest BCUT2D eigenvalue weighted by molar-refractivity contribution is -0.161. The maximum Gasteiger partial charge on any atom is 0.472 e. The van der Waals surface area contributed by atoms with Gasteiger partial charge < -0.3 is 29.3 Å². The van der Waals surface area contributed by atoms with Gasteiger partial charge in [-0.2, -0.15) is 0 Å². The smallest absolute Gasteiger partial charge is 0.462 e. The summed E-state index contributed by atoms with van der Waals surface area (Å²) in [5.74, 6) is -0.657. The first-order chi connectivity index (χ1) is 30.1. The van der Waals surface area contributed by atoms with Crippen molar-refractivity contribution in [1.82, 2.24) is 0 Å². The number of rotatable bonds is 44. The van der Waals surface area contributed by atoms with Crippen LogP contribution in [0.15, 0.2) is 48.6 Å². The largest absolute Gasteiger partial charge is 0.472 e. The van der Waals surface area contributed by atoms with Gasteiger partial charge in [0.25, 0.3) is 0 Å². The quantitative estimate of drug-likeness (QED) is 0.0112. The number of allylic oxidation sites excluding steroid dienone is 8. The van der Waals surface area contributed by atoms with Crippen LogP contribution in [0.3, 0.4) is 0 Å². The van der Waals surface area contributed by atoms with E-state index in [0.29, 0.717) is 6.42 Å². The lowest BCUT2D eigenvalue weighted by Gasteiger charge is -2.20. The number of unbranched alkanes of at least 4 members (excludes halogenated alkanes) is 17. The Balaban J connectivity index is 4.63. The van der Waals surface area contributed by atoms with E-state index in [4.69, 9.17) is 23.8 Å². The molecule has 0 aliphatic heterocycles. The van der Waals surface area contributed by atoms with E-state index in [9.17, 15) is 33.5 Å². The molecule has 0 aromatic heterocycles. The predicted molar refractivity (Wildman–Crippen MR) is 249 cm³/mol. The summed E-state index contributed by atoms with van der Waals surface area (Å²) in [5, 5.41) is 9.75. The molecule has 3 atom stereocenters. The molecule has 0 radical (unpaired) electrons. The molecule has 0 heterocycles. The van der Waals surface area contributed by atoms with Crippen molar-refractivity contribution in [3.8, 4) is 0 Å². The second-order valence-corrected chi connectivity index (χ2v) is 19.2. The Morgan fingerprint density at radius 3 is 1.67 bits per heavy atom. The van der Waals surface area contributed by atoms with Gasteiger partial charge >= 0.3 is 27.6 Å². The lowest BCUT2D eigenvalue weighted by atomic mass is 10.0. The van der Waals surface area contributed by atoms with Gasteiger partial charge in [0.05, 0.1) is 19.8 Å². The van der Waals surface area contributed by atoms with Crippen molar-refractivity contribution in [2.75, 3.05) is 26.4 Å². The van der Waals surface area contributed by atoms with Gasteiger partial charge in [0, 0.05) is 19.3 Å². The number of aliphatic hydroxyl groups is 1. The molecule has 0 aliphatic carbocycles. The zero-order valence-corrected chi connectivity index (χ0v) is 40.6. The highest BCUT2D eigenvalue weighted by molar-refractivity contribution is 7.47. The van der Waals surface area contributed by atoms with Crippen molar-refractivity contribution in [1.29, 1.82) is 0 Å². The summed E-state index contributed by atoms with van der Waals surface area (Å²) in [6.45, 7) is 3.81. The molecule has 4 N–H and O–H groups in total. The molecule has 0 rings (SSSR count). The molecule has 14 nitrogen and oxygen atoms in total. The summed E-state index contributed by atoms with van der Waals surface area (Å²) in [6.07, 6.45) is 38.3. The van der Waals surface area contributed by atoms with Gasteiger partial charge in [0.2, 0.25) is 0 Å². The number of esters is 2. The van der Waals surface area contributed by atoms with Gasteiger partial charge in [-0.25, -0.2) is 9.13 Å². The van der Waals surface area contributed by atoms with Gasteiger partial charge in [-0.05, 0) is 50.5 Å². The average molecular weight is 935 g/mol. The standard InChI is InChI=1S/C47H84O14P2/c1-4-5-6-7-8-9-10-14-18-21-24-27-30-34-43(48)35-32-37-47(51)61-45(41-60-63(55,56)59-39-44(49)38-58-62(52,53)54)40-57-46(50)36-31-28-25-22-19-16-13-11-12-15-17-20-23-26-29-33-42(2)3/h8-9,14,18,24,27,30,34,42,44-45,49H,4-7,10-13,15-17,19-23,25-26,28-29,31-33,35-41H2,1-3H3,(H,55,56)(H2,52,53,54)/b9-8-,18-14-,27-24-,34-30+/t44-,45+/m0/s1. The van der Waals surface area contributed by atoms with E-state index in [1.165, 1.54) is 102 Å². The monoisotopic (exact) mass is 935 g/mol. The number of phosphoric ester groups is 2. The van der Waals surface area contributed by atoms with Gasteiger partial charge in [0.15, 0.2) is 11.9 Å². The Kier molecular flexibility index (Phi) is 39.7. The number of carbonyl (C=O) groups is 3. The van der Waals surface area contributed by atoms with Crippen molar-refractivity contribution in [2.45, 2.75) is 200 Å². The SMILES string of the molecule is CCCCC/C=C\C/C=C\C/C=C\C=C\C(=O)CCCC(=O)O[C@H](COC(=O)CCCCCCCCCCCCCCCCCC(C)C)COP(=O)(O)OC[C@@H](O)COP(=O)(O)O. The number of ether oxygens (including phenoxy) is 2. The first-order valence-corrected chi connectivity index (χ1v) is 26.7. The molecule has 63 heavy (non-hydrogen) atoms. The van der Waals surface area contributed by atoms with Crippen LogP contribution in [0.1, 0.15) is 188 Å². The lowest BCUT2D eigenvalue weighted by Crippen LogP contribution is -2.30. The molecule has 0 saturated heterocycles. The zero-order valence-electron chi connectivity index (χ0n) is 38.8. The van der Waals surface area contributed by atoms with E-state index >= 15 is 0 Å². The maximum atomic E-state index is 12.7. The van der Waals surface area contributed by atoms with E-state index in [2.05, 4.69) is 54.1 Å². The molecule has 366 valence electrons. The van der Waals surface area contributed by atoms with Crippen molar-refractivity contribution in [3.05, 3.63) is 48.6 Å². The topological polar surface area (TPSA) is 212 Å². The van der Waals surface area contributed by atoms with Crippen molar-refractivity contribution in [3.63, 3.8) is 0 Å². The first kappa shape index (κ1) is 60.8. The summed E-state index contributed by atoms with van der Waals surface area (Å²) >= 11 is 0. The summed E-state index contributed by atoms with van der Waals surface area (Å²) in [4.78, 5) is 65.1. The summed E-state index contributed by atoms with van der Waals surface area (Å²) in [5.41, 5.74) is 0. The van der Waals surface area contributed by atoms with Crippen LogP contribution in [0.2, 0.25) is 0 Å². The molecular weight excluding hydrogens is 850 g/mol. The van der Waals surface area contributed by atoms with E-state index in [1.807, 2.05) is 6.08 Å². The third-order valence-electron chi connectivity index (χ3n) is 9.86. The van der Waals surface area contributed by atoms with E-state index in [1.54, 1.807) is 12.2 Å². The van der Waals surface area contributed by atoms with Crippen LogP contribution in [0.5, 0.6) is 0 Å². The predicted octanol–water partition coefficient (Wildman–Crippen LogP) is 11.7. The molecule has 0 spiro atoms. The van der Waals surface area contributed by atoms with Crippen LogP contribution in [0, 0.1) is 5.92 Å². The maximum absolute atomic E-state index is 12.7. The van der Waals surface area contributed by atoms with Crippen LogP contribution in [-0.4, -0.2) is 76.1 Å². The molecule has 0 aliphatic rings. The number of hydrogen-bond donors (Lipinski definition) is 4. The average Bonchev–Trinajstić information content (AvgIpc) is 3.22. The summed E-state index contributed by atoms with van der Waals surface area (Å²) in [7, 11) is -9.77. The molecule has 0 saturated carbocycles. The number of carbonyl (C=O) groups excluding carboxylic acids is 3. The Labute approximate surface area is 379 Å². The molecule has 1 unspecified atom stereocenters. The molecule has 0 amide bonds. The highest BCUT2D eigenvalue weighted by Gasteiger charge is 2.28. The molecule has 0 fully saturated rings. The third-order valence-corrected chi connectivity index (χ3v) is 11.3. The van der Waals surface area contributed by atoms with Crippen LogP contribution in [-0.2, 0) is 46.6 Å². The number of phosphoric acid groups is 2. The fourth-order valence-electron chi connectivity index (χ4n) is 6.25. The van der Waals surface area contributed by atoms with Gasteiger partial charge in [-0.3, -0.25) is 28.0 Å². The summed E-state index contributed by atoms with van der Waals surface area (Å²) in [6, 6.07) is 0. The van der Waals surface area contributed by atoms with Crippen LogP contribution < -0.4 is 0 Å². The fourth-order valence-corrected chi connectivity index (χ4v) is 7.41. The third kappa shape index (κ3) is 46.1. The van der Waals surface area contributed by atoms with Gasteiger partial charge in [-0.1, -0.05) is 172 Å². The highest BCUT2D eigenvalue weighted by atomic mass is 31.2. The minimum absolute atomic E-state index is 0.0762. The van der Waals surface area contributed by atoms with E-state index in [-0.39, 0.29) is 31.5 Å². The molecule has 0 aromatic rings. The molecule has 0 bridgehead atoms. The van der Waals surface area contributed by atoms with Crippen LogP contribution in [0.4, 0.5) is 0 Å². The Morgan fingerprint density at radius 2 is 1.08 bits per heavy atom. The summed E-state index contributed by atoms with van der Waals surface area (Å²) < 4.78 is 47.6. The zero-order chi connectivity index (χ0) is 46.9. The van der Waals surface area contributed by atoms with Crippen LogP contribution >= 0.6 is 15.6 Å². The van der Waals surface area contributed by atoms with Crippen molar-refractivity contribution in [2.24, 2.45) is 5.92 Å². The molecule has 16 heteroatoms. The normalized spacial score (nSPS) is 14.3. The van der Waals surface area contributed by atoms with Crippen molar-refractivity contribution >= 4 is 33.4 Å². The molecular formula is C47H84O14P2. The second-order valence-electron chi connectivity index (χ2n) is 16.5. The van der Waals surface area contributed by atoms with Crippen LogP contribution in [0.25, 0.3) is 0 Å². The minimum atomic E-state index is -4.89. The first-order valence-electron chi connectivity index (χ1n) is 23.6. The number of aliphatic hydroxyl groups excluding tert-OH is 1. The van der Waals surface area contributed by atoms with E-state index < -0.39 is 66.2 Å². The highest BCUT2D eigenvalue weighted by Crippen LogP contribution is 2.43. The Hall–Kier alpha value is -2.25. The number of ketones is 1. The Bertz CT molecular complexity index is 1370. The number of hydrogen-bond acceptors (Lipinski definition) is 11. The Morgan fingerprint density at radius 1 is 0.556 bits per heavy atom. The minimum Gasteiger partial charge on any atom is -0.462 e. The molecule has 0 aromatic carbocycles. The fraction of sp³-hybridized carbons (Fsp3) is 0.766. The van der Waals surface area contributed by atoms with Gasteiger partial charge in [-0.15, -0.1) is 0 Å². The van der Waals surface area contributed by atoms with Crippen molar-refractivity contribution < 1.29 is 66.3 Å². The second kappa shape index (κ2) is 41.2. The van der Waals surface area contributed by atoms with Gasteiger partial charge in [0.1, 0.15) is 12.7 Å².